The summed E-state index contributed by atoms with van der Waals surface area (Å²) in [5.74, 6) is 0.598. The number of methoxy groups -OCH3 is 2. The number of rotatable bonds is 22. The number of nitro groups is 1. The smallest absolute Gasteiger partial charge is 0.328 e. The second kappa shape index (κ2) is 22.2. The molecule has 0 saturated carbocycles. The lowest BCUT2D eigenvalue weighted by atomic mass is 9.80. The van der Waals surface area contributed by atoms with Crippen molar-refractivity contribution in [3.63, 3.8) is 0 Å². The van der Waals surface area contributed by atoms with Crippen LogP contribution >= 0.6 is 8.53 Å². The lowest BCUT2D eigenvalue weighted by Gasteiger charge is -2.41. The number of non-ortho nitro benzene ring substituents is 1. The van der Waals surface area contributed by atoms with Crippen molar-refractivity contribution in [2.75, 3.05) is 27.4 Å². The van der Waals surface area contributed by atoms with Gasteiger partial charge in [-0.25, -0.2) is 9.46 Å². The minimum atomic E-state index is -1.98. The van der Waals surface area contributed by atoms with Gasteiger partial charge in [0.1, 0.15) is 29.7 Å². The highest BCUT2D eigenvalue weighted by Gasteiger charge is 2.41. The largest absolute Gasteiger partial charge is 0.497 e. The lowest BCUT2D eigenvalue weighted by Crippen LogP contribution is -2.48. The number of aromatic nitrogens is 2. The van der Waals surface area contributed by atoms with Crippen molar-refractivity contribution in [2.24, 2.45) is 0 Å². The van der Waals surface area contributed by atoms with E-state index >= 15 is 0 Å². The van der Waals surface area contributed by atoms with E-state index in [-0.39, 0.29) is 43.0 Å². The van der Waals surface area contributed by atoms with E-state index < -0.39 is 54.9 Å². The van der Waals surface area contributed by atoms with Crippen LogP contribution in [0.5, 0.6) is 11.5 Å². The van der Waals surface area contributed by atoms with Crippen molar-refractivity contribution < 1.29 is 33.0 Å². The summed E-state index contributed by atoms with van der Waals surface area (Å²) < 4.78 is 34.9. The Morgan fingerprint density at radius 3 is 1.95 bits per heavy atom. The standard InChI is InChI=1S/C46H53N6O10P/c1-31(2)51(32(3)4)63(61-27-11-26-47)62-43(34-14-20-38(21-15-34)52(56)57)41(48-42(53)29-50-28-33(5)44(54)49-45(50)55)30-60-46(35-12-9-8-10-13-35,36-16-22-39(58-6)23-17-36)37-18-24-40(59-7)25-19-37/h8-10,12-25,28,31-32,41,43H,11,27,29-30H2,1-7H3,(H,48,53)(H,49,54,55)/t41-,43-,63?/m1/s1. The molecule has 1 aromatic heterocycles. The summed E-state index contributed by atoms with van der Waals surface area (Å²) in [5.41, 5.74) is -0.0545. The van der Waals surface area contributed by atoms with Crippen LogP contribution in [0.3, 0.4) is 0 Å². The third kappa shape index (κ3) is 11.8. The Balaban J connectivity index is 1.74. The van der Waals surface area contributed by atoms with Crippen LogP contribution in [0.15, 0.2) is 119 Å². The van der Waals surface area contributed by atoms with Gasteiger partial charge in [-0.3, -0.25) is 29.3 Å². The predicted octanol–water partition coefficient (Wildman–Crippen LogP) is 7.30. The summed E-state index contributed by atoms with van der Waals surface area (Å²) in [5, 5.41) is 24.4. The van der Waals surface area contributed by atoms with Crippen molar-refractivity contribution in [3.8, 4) is 17.6 Å². The van der Waals surface area contributed by atoms with E-state index in [9.17, 15) is 29.8 Å². The van der Waals surface area contributed by atoms with Crippen LogP contribution in [0, 0.1) is 28.4 Å². The number of carbonyl (C=O) groups excluding carboxylic acids is 1. The van der Waals surface area contributed by atoms with E-state index in [0.29, 0.717) is 28.2 Å². The van der Waals surface area contributed by atoms with Crippen LogP contribution in [0.1, 0.15) is 68.0 Å². The second-order valence-corrected chi connectivity index (χ2v) is 16.5. The zero-order valence-corrected chi connectivity index (χ0v) is 37.2. The normalized spacial score (nSPS) is 13.0. The number of carbonyl (C=O) groups is 1. The molecule has 5 rings (SSSR count). The Morgan fingerprint density at radius 1 is 0.889 bits per heavy atom. The molecule has 16 nitrogen and oxygen atoms in total. The SMILES string of the molecule is COc1ccc(C(OC[C@@H](NC(=O)Cn2cc(C)c(=O)[nH]c2=O)[C@H](OP(OCCC#N)N(C(C)C)C(C)C)c2ccc([N+](=O)[O-])cc2)(c2ccccc2)c2ccc(OC)cc2)cc1. The molecule has 0 aliphatic rings. The summed E-state index contributed by atoms with van der Waals surface area (Å²) in [6.45, 7) is 8.75. The lowest BCUT2D eigenvalue weighted by molar-refractivity contribution is -0.384. The van der Waals surface area contributed by atoms with Gasteiger partial charge in [0.05, 0.1) is 50.9 Å². The van der Waals surface area contributed by atoms with Crippen molar-refractivity contribution >= 4 is 20.1 Å². The van der Waals surface area contributed by atoms with Crippen LogP contribution in [0.25, 0.3) is 0 Å². The number of hydrogen-bond acceptors (Lipinski definition) is 12. The zero-order chi connectivity index (χ0) is 45.7. The molecule has 3 atom stereocenters. The fourth-order valence-corrected chi connectivity index (χ4v) is 8.95. The maximum atomic E-state index is 14.3. The first-order chi connectivity index (χ1) is 30.2. The fraction of sp³-hybridized carbons (Fsp3) is 0.348. The average molecular weight is 881 g/mol. The van der Waals surface area contributed by atoms with Gasteiger partial charge in [-0.1, -0.05) is 54.6 Å². The Labute approximate surface area is 367 Å². The number of aromatic amines is 1. The van der Waals surface area contributed by atoms with Gasteiger partial charge in [-0.15, -0.1) is 0 Å². The Kier molecular flexibility index (Phi) is 16.9. The van der Waals surface area contributed by atoms with Crippen LogP contribution in [0.2, 0.25) is 0 Å². The number of nitro benzene ring substituents is 1. The summed E-state index contributed by atoms with van der Waals surface area (Å²) in [6, 6.07) is 31.0. The minimum absolute atomic E-state index is 0.0409. The third-order valence-corrected chi connectivity index (χ3v) is 12.3. The highest BCUT2D eigenvalue weighted by molar-refractivity contribution is 7.44. The number of benzene rings is 4. The van der Waals surface area contributed by atoms with Crippen molar-refractivity contribution in [1.82, 2.24) is 19.5 Å². The molecule has 332 valence electrons. The molecule has 1 unspecified atom stereocenters. The van der Waals surface area contributed by atoms with Gasteiger partial charge < -0.3 is 28.6 Å². The van der Waals surface area contributed by atoms with Gasteiger partial charge in [0, 0.05) is 36.0 Å². The number of nitriles is 1. The highest BCUT2D eigenvalue weighted by atomic mass is 31.2. The number of H-pyrrole nitrogens is 1. The zero-order valence-electron chi connectivity index (χ0n) is 36.3. The molecule has 0 radical (unpaired) electrons. The van der Waals surface area contributed by atoms with Gasteiger partial charge in [0.2, 0.25) is 5.91 Å². The molecule has 0 spiro atoms. The maximum absolute atomic E-state index is 14.3. The van der Waals surface area contributed by atoms with Crippen molar-refractivity contribution in [3.05, 3.63) is 168 Å². The first-order valence-corrected chi connectivity index (χ1v) is 21.4. The second-order valence-electron chi connectivity index (χ2n) is 15.1. The average Bonchev–Trinajstić information content (AvgIpc) is 3.27. The predicted molar refractivity (Wildman–Crippen MR) is 238 cm³/mol. The first kappa shape index (κ1) is 47.8. The van der Waals surface area contributed by atoms with Gasteiger partial charge in [-0.05, 0) is 93.3 Å². The van der Waals surface area contributed by atoms with E-state index in [2.05, 4.69) is 16.4 Å². The van der Waals surface area contributed by atoms with E-state index in [1.54, 1.807) is 26.4 Å². The molecule has 17 heteroatoms. The number of aryl methyl sites for hydroxylation is 1. The summed E-state index contributed by atoms with van der Waals surface area (Å²) in [7, 11) is 1.17. The van der Waals surface area contributed by atoms with Gasteiger partial charge >= 0.3 is 5.69 Å². The molecule has 0 aliphatic carbocycles. The Bertz CT molecular complexity index is 2380. The topological polar surface area (TPSA) is 200 Å². The molecule has 1 amide bonds. The first-order valence-electron chi connectivity index (χ1n) is 20.3. The van der Waals surface area contributed by atoms with Crippen LogP contribution in [0.4, 0.5) is 5.69 Å². The minimum Gasteiger partial charge on any atom is -0.497 e. The number of nitrogens with zero attached hydrogens (tertiary/aromatic N) is 4. The van der Waals surface area contributed by atoms with Crippen LogP contribution in [-0.2, 0) is 30.7 Å². The summed E-state index contributed by atoms with van der Waals surface area (Å²) >= 11 is 0. The van der Waals surface area contributed by atoms with Crippen molar-refractivity contribution in [1.29, 1.82) is 5.26 Å². The van der Waals surface area contributed by atoms with Crippen LogP contribution in [-0.4, -0.2) is 70.6 Å². The van der Waals surface area contributed by atoms with E-state index in [1.807, 2.05) is 111 Å². The molecular weight excluding hydrogens is 828 g/mol. The van der Waals surface area contributed by atoms with Gasteiger partial charge in [-0.2, -0.15) is 5.26 Å². The molecule has 63 heavy (non-hydrogen) atoms. The molecule has 0 aliphatic heterocycles. The van der Waals surface area contributed by atoms with E-state index in [0.717, 1.165) is 10.1 Å². The quantitative estimate of drug-likeness (QED) is 0.0232. The summed E-state index contributed by atoms with van der Waals surface area (Å²) in [6.07, 6.45) is 0.265. The van der Waals surface area contributed by atoms with Crippen LogP contribution < -0.4 is 26.0 Å². The molecule has 0 saturated heterocycles. The number of hydrogen-bond donors (Lipinski definition) is 2. The monoisotopic (exact) mass is 880 g/mol. The molecular formula is C46H53N6O10P. The molecule has 5 aromatic rings. The van der Waals surface area contributed by atoms with Gasteiger partial charge in [0.25, 0.3) is 19.8 Å². The number of nitrogens with one attached hydrogen (secondary N) is 2. The number of amides is 1. The molecule has 1 heterocycles. The van der Waals surface area contributed by atoms with Crippen molar-refractivity contribution in [2.45, 2.75) is 77.4 Å². The summed E-state index contributed by atoms with van der Waals surface area (Å²) in [4.78, 5) is 53.0. The molecule has 4 aromatic carbocycles. The Morgan fingerprint density at radius 2 is 1.44 bits per heavy atom. The third-order valence-electron chi connectivity index (χ3n) is 10.2. The molecule has 0 fully saturated rings. The molecule has 0 bridgehead atoms. The fourth-order valence-electron chi connectivity index (χ4n) is 7.18. The van der Waals surface area contributed by atoms with E-state index in [1.165, 1.54) is 25.3 Å². The number of ether oxygens (including phenoxy) is 3. The van der Waals surface area contributed by atoms with E-state index in [4.69, 9.17) is 23.3 Å². The Hall–Kier alpha value is -6.21. The highest BCUT2D eigenvalue weighted by Crippen LogP contribution is 2.51. The molecule has 2 N–H and O–H groups in total. The van der Waals surface area contributed by atoms with Gasteiger partial charge in [0.15, 0.2) is 0 Å². The maximum Gasteiger partial charge on any atom is 0.328 e.